The summed E-state index contributed by atoms with van der Waals surface area (Å²) in [6.07, 6.45) is 1.70. The molecule has 154 valence electrons. The number of amides is 1. The lowest BCUT2D eigenvalue weighted by Gasteiger charge is -2.18. The molecule has 0 aliphatic carbocycles. The molecule has 1 aliphatic rings. The first-order chi connectivity index (χ1) is 14.4. The Bertz CT molecular complexity index is 1200. The first-order valence-electron chi connectivity index (χ1n) is 9.34. The monoisotopic (exact) mass is 430 g/mol. The van der Waals surface area contributed by atoms with Crippen LogP contribution in [0.4, 0.5) is 8.78 Å². The molecule has 1 amide bonds. The van der Waals surface area contributed by atoms with Crippen LogP contribution in [0.3, 0.4) is 0 Å². The summed E-state index contributed by atoms with van der Waals surface area (Å²) < 4.78 is 32.9. The van der Waals surface area contributed by atoms with Gasteiger partial charge < -0.3 is 14.6 Å². The van der Waals surface area contributed by atoms with E-state index in [-0.39, 0.29) is 18.7 Å². The first kappa shape index (κ1) is 20.1. The summed E-state index contributed by atoms with van der Waals surface area (Å²) in [6, 6.07) is 7.99. The van der Waals surface area contributed by atoms with Crippen LogP contribution in [0, 0.1) is 11.6 Å². The number of hydrogen-bond donors (Lipinski definition) is 1. The van der Waals surface area contributed by atoms with E-state index in [4.69, 9.17) is 16.3 Å². The predicted molar refractivity (Wildman–Crippen MR) is 109 cm³/mol. The van der Waals surface area contributed by atoms with E-state index in [0.29, 0.717) is 17.1 Å². The SMILES string of the molecule is CCOC(=O)C1=CN(C(=O)c2cc(F)ccc2F)CCc2c1[nH]c1ccc(Cl)cc21. The zero-order valence-corrected chi connectivity index (χ0v) is 16.7. The minimum absolute atomic E-state index is 0.127. The Labute approximate surface area is 175 Å². The molecule has 2 heterocycles. The number of carbonyl (C=O) groups is 2. The number of esters is 1. The van der Waals surface area contributed by atoms with Crippen LogP contribution in [0.1, 0.15) is 28.5 Å². The maximum absolute atomic E-state index is 14.2. The van der Waals surface area contributed by atoms with Gasteiger partial charge in [0.1, 0.15) is 11.6 Å². The van der Waals surface area contributed by atoms with E-state index in [1.54, 1.807) is 25.1 Å². The molecule has 0 bridgehead atoms. The first-order valence-corrected chi connectivity index (χ1v) is 9.72. The van der Waals surface area contributed by atoms with Gasteiger partial charge in [-0.3, -0.25) is 4.79 Å². The van der Waals surface area contributed by atoms with Crippen LogP contribution in [0.5, 0.6) is 0 Å². The van der Waals surface area contributed by atoms with Gasteiger partial charge in [-0.1, -0.05) is 11.6 Å². The van der Waals surface area contributed by atoms with Gasteiger partial charge in [-0.25, -0.2) is 13.6 Å². The zero-order valence-electron chi connectivity index (χ0n) is 16.0. The molecule has 5 nitrogen and oxygen atoms in total. The smallest absolute Gasteiger partial charge is 0.341 e. The molecule has 3 aromatic rings. The van der Waals surface area contributed by atoms with Gasteiger partial charge in [0.2, 0.25) is 0 Å². The zero-order chi connectivity index (χ0) is 21.4. The molecule has 0 atom stereocenters. The fourth-order valence-electron chi connectivity index (χ4n) is 3.57. The molecule has 4 rings (SSSR count). The fourth-order valence-corrected chi connectivity index (χ4v) is 3.74. The molecule has 0 saturated carbocycles. The Morgan fingerprint density at radius 1 is 1.20 bits per heavy atom. The Kier molecular flexibility index (Phi) is 5.30. The number of H-pyrrole nitrogens is 1. The molecule has 8 heteroatoms. The number of aromatic nitrogens is 1. The minimum atomic E-state index is -0.840. The van der Waals surface area contributed by atoms with Gasteiger partial charge in [0.05, 0.1) is 23.4 Å². The number of nitrogens with one attached hydrogen (secondary N) is 1. The van der Waals surface area contributed by atoms with Gasteiger partial charge in [-0.2, -0.15) is 0 Å². The summed E-state index contributed by atoms with van der Waals surface area (Å²) in [6.45, 7) is 1.97. The van der Waals surface area contributed by atoms with Crippen LogP contribution < -0.4 is 0 Å². The summed E-state index contributed by atoms with van der Waals surface area (Å²) in [5.74, 6) is -2.94. The van der Waals surface area contributed by atoms with Crippen LogP contribution in [0.25, 0.3) is 16.5 Å². The van der Waals surface area contributed by atoms with Gasteiger partial charge in [-0.15, -0.1) is 0 Å². The second-order valence-corrected chi connectivity index (χ2v) is 7.24. The van der Waals surface area contributed by atoms with Gasteiger partial charge in [0.15, 0.2) is 0 Å². The molecular formula is C22H17ClF2N2O3. The van der Waals surface area contributed by atoms with Gasteiger partial charge in [0.25, 0.3) is 5.91 Å². The molecule has 0 spiro atoms. The highest BCUT2D eigenvalue weighted by Gasteiger charge is 2.28. The van der Waals surface area contributed by atoms with Crippen LogP contribution in [-0.4, -0.2) is 34.9 Å². The Hall–Kier alpha value is -3.19. The Morgan fingerprint density at radius 2 is 2.00 bits per heavy atom. The lowest BCUT2D eigenvalue weighted by atomic mass is 10.0. The summed E-state index contributed by atoms with van der Waals surface area (Å²) in [5.41, 5.74) is 1.81. The van der Waals surface area contributed by atoms with Crippen molar-refractivity contribution in [2.45, 2.75) is 13.3 Å². The number of nitrogens with zero attached hydrogens (tertiary/aromatic N) is 1. The second kappa shape index (κ2) is 7.91. The number of aromatic amines is 1. The third-order valence-corrected chi connectivity index (χ3v) is 5.18. The van der Waals surface area contributed by atoms with Crippen molar-refractivity contribution in [3.8, 4) is 0 Å². The number of rotatable bonds is 3. The number of benzene rings is 2. The normalized spacial score (nSPS) is 13.6. The van der Waals surface area contributed by atoms with E-state index in [1.807, 2.05) is 0 Å². The van der Waals surface area contributed by atoms with Crippen molar-refractivity contribution in [3.05, 3.63) is 76.1 Å². The Balaban J connectivity index is 1.83. The minimum Gasteiger partial charge on any atom is -0.462 e. The molecule has 1 aromatic heterocycles. The van der Waals surface area contributed by atoms with E-state index in [1.165, 1.54) is 11.1 Å². The number of fused-ring (bicyclic) bond motifs is 3. The largest absolute Gasteiger partial charge is 0.462 e. The van der Waals surface area contributed by atoms with Crippen molar-refractivity contribution in [1.29, 1.82) is 0 Å². The van der Waals surface area contributed by atoms with Crippen molar-refractivity contribution in [1.82, 2.24) is 9.88 Å². The molecule has 1 aliphatic heterocycles. The lowest BCUT2D eigenvalue weighted by molar-refractivity contribution is -0.136. The second-order valence-electron chi connectivity index (χ2n) is 6.80. The van der Waals surface area contributed by atoms with E-state index >= 15 is 0 Å². The van der Waals surface area contributed by atoms with Crippen molar-refractivity contribution in [3.63, 3.8) is 0 Å². The van der Waals surface area contributed by atoms with Crippen LogP contribution in [-0.2, 0) is 16.0 Å². The summed E-state index contributed by atoms with van der Waals surface area (Å²) in [4.78, 5) is 30.0. The molecule has 30 heavy (non-hydrogen) atoms. The quantitative estimate of drug-likeness (QED) is 0.612. The molecule has 0 fully saturated rings. The van der Waals surface area contributed by atoms with Gasteiger partial charge in [0, 0.05) is 28.7 Å². The third-order valence-electron chi connectivity index (χ3n) is 4.94. The molecule has 1 N–H and O–H groups in total. The average molecular weight is 431 g/mol. The number of halogens is 3. The highest BCUT2D eigenvalue weighted by Crippen LogP contribution is 2.33. The topological polar surface area (TPSA) is 62.4 Å². The van der Waals surface area contributed by atoms with E-state index in [2.05, 4.69) is 4.98 Å². The van der Waals surface area contributed by atoms with E-state index in [9.17, 15) is 18.4 Å². The van der Waals surface area contributed by atoms with Gasteiger partial charge in [-0.05, 0) is 55.3 Å². The predicted octanol–water partition coefficient (Wildman–Crippen LogP) is 4.70. The summed E-state index contributed by atoms with van der Waals surface area (Å²) in [5, 5.41) is 1.35. The van der Waals surface area contributed by atoms with Crippen LogP contribution in [0.15, 0.2) is 42.6 Å². The van der Waals surface area contributed by atoms with Gasteiger partial charge >= 0.3 is 5.97 Å². The molecular weight excluding hydrogens is 414 g/mol. The van der Waals surface area contributed by atoms with E-state index < -0.39 is 29.1 Å². The third kappa shape index (κ3) is 3.57. The molecule has 0 radical (unpaired) electrons. The van der Waals surface area contributed by atoms with E-state index in [0.717, 1.165) is 34.7 Å². The lowest BCUT2D eigenvalue weighted by Crippen LogP contribution is -2.29. The highest BCUT2D eigenvalue weighted by atomic mass is 35.5. The standard InChI is InChI=1S/C22H17ClF2N2O3/c1-2-30-22(29)17-11-27(21(28)16-10-13(24)4-5-18(16)25)8-7-14-15-9-12(23)3-6-19(15)26-20(14)17/h3-6,9-11,26H,2,7-8H2,1H3. The summed E-state index contributed by atoms with van der Waals surface area (Å²) >= 11 is 6.14. The fraction of sp³-hybridized carbons (Fsp3) is 0.182. The maximum atomic E-state index is 14.2. The highest BCUT2D eigenvalue weighted by molar-refractivity contribution is 6.31. The van der Waals surface area contributed by atoms with Crippen molar-refractivity contribution in [2.24, 2.45) is 0 Å². The number of carbonyl (C=O) groups excluding carboxylic acids is 2. The number of ether oxygens (including phenoxy) is 1. The Morgan fingerprint density at radius 3 is 2.77 bits per heavy atom. The molecule has 0 saturated heterocycles. The molecule has 0 unspecified atom stereocenters. The average Bonchev–Trinajstić information content (AvgIpc) is 2.95. The van der Waals surface area contributed by atoms with Crippen molar-refractivity contribution in [2.75, 3.05) is 13.2 Å². The van der Waals surface area contributed by atoms with Crippen molar-refractivity contribution < 1.29 is 23.1 Å². The summed E-state index contributed by atoms with van der Waals surface area (Å²) in [7, 11) is 0. The van der Waals surface area contributed by atoms with Crippen molar-refractivity contribution >= 4 is 40.0 Å². The maximum Gasteiger partial charge on any atom is 0.341 e. The number of hydrogen-bond acceptors (Lipinski definition) is 3. The van der Waals surface area contributed by atoms with Crippen LogP contribution >= 0.6 is 11.6 Å². The van der Waals surface area contributed by atoms with Crippen LogP contribution in [0.2, 0.25) is 5.02 Å². The molecule has 2 aromatic carbocycles.